The number of aryl methyl sites for hydroxylation is 1. The number of nitrogens with one attached hydrogen (secondary N) is 1. The lowest BCUT2D eigenvalue weighted by Crippen LogP contribution is -2.14. The predicted octanol–water partition coefficient (Wildman–Crippen LogP) is 3.90. The highest BCUT2D eigenvalue weighted by molar-refractivity contribution is 7.99. The zero-order valence-corrected chi connectivity index (χ0v) is 15.1. The van der Waals surface area contributed by atoms with E-state index in [9.17, 15) is 4.79 Å². The van der Waals surface area contributed by atoms with Crippen molar-refractivity contribution in [2.24, 2.45) is 7.05 Å². The number of benzene rings is 1. The van der Waals surface area contributed by atoms with E-state index < -0.39 is 0 Å². The van der Waals surface area contributed by atoms with E-state index in [0.717, 1.165) is 16.7 Å². The molecule has 0 aliphatic heterocycles. The Bertz CT molecular complexity index is 690. The van der Waals surface area contributed by atoms with Crippen molar-refractivity contribution >= 4 is 23.4 Å². The number of anilines is 1. The summed E-state index contributed by atoms with van der Waals surface area (Å²) in [6.45, 7) is 2.03. The van der Waals surface area contributed by atoms with E-state index in [0.29, 0.717) is 11.7 Å². The van der Waals surface area contributed by atoms with Crippen LogP contribution in [0.25, 0.3) is 0 Å². The molecule has 24 heavy (non-hydrogen) atoms. The molecule has 1 fully saturated rings. The summed E-state index contributed by atoms with van der Waals surface area (Å²) in [5.41, 5.74) is 2.00. The highest BCUT2D eigenvalue weighted by Gasteiger charge is 2.22. The van der Waals surface area contributed by atoms with Crippen LogP contribution in [0.15, 0.2) is 29.4 Å². The molecule has 128 valence electrons. The van der Waals surface area contributed by atoms with E-state index in [1.165, 1.54) is 49.4 Å². The van der Waals surface area contributed by atoms with E-state index in [4.69, 9.17) is 0 Å². The Hall–Kier alpha value is -1.82. The number of rotatable bonds is 5. The number of aromatic nitrogens is 3. The van der Waals surface area contributed by atoms with Crippen molar-refractivity contribution in [1.82, 2.24) is 14.8 Å². The summed E-state index contributed by atoms with van der Waals surface area (Å²) in [7, 11) is 2.00. The average Bonchev–Trinajstić information content (AvgIpc) is 2.97. The van der Waals surface area contributed by atoms with Crippen LogP contribution < -0.4 is 5.32 Å². The minimum atomic E-state index is -0.0222. The van der Waals surface area contributed by atoms with Gasteiger partial charge in [-0.15, -0.1) is 10.2 Å². The number of hydrogen-bond donors (Lipinski definition) is 1. The molecular weight excluding hydrogens is 320 g/mol. The Morgan fingerprint density at radius 3 is 2.62 bits per heavy atom. The minimum absolute atomic E-state index is 0.0222. The molecule has 0 unspecified atom stereocenters. The molecule has 6 heteroatoms. The van der Waals surface area contributed by atoms with E-state index in [1.54, 1.807) is 0 Å². The summed E-state index contributed by atoms with van der Waals surface area (Å²) in [6, 6.07) is 7.81. The van der Waals surface area contributed by atoms with Crippen LogP contribution in [-0.4, -0.2) is 26.4 Å². The van der Waals surface area contributed by atoms with Gasteiger partial charge >= 0.3 is 0 Å². The number of hydrogen-bond acceptors (Lipinski definition) is 4. The van der Waals surface area contributed by atoms with Crippen molar-refractivity contribution in [3.05, 3.63) is 35.7 Å². The van der Waals surface area contributed by atoms with Crippen LogP contribution in [0, 0.1) is 6.92 Å². The Morgan fingerprint density at radius 2 is 1.92 bits per heavy atom. The standard InChI is InChI=1S/C18H24N4OS/c1-13-8-10-15(11-9-13)19-16(23)12-24-18-21-20-17(22(18)2)14-6-4-3-5-7-14/h8-11,14H,3-7,12H2,1-2H3,(H,19,23). The van der Waals surface area contributed by atoms with E-state index in [2.05, 4.69) is 20.1 Å². The van der Waals surface area contributed by atoms with E-state index >= 15 is 0 Å². The quantitative estimate of drug-likeness (QED) is 0.836. The molecule has 0 spiro atoms. The number of carbonyl (C=O) groups is 1. The molecule has 0 atom stereocenters. The van der Waals surface area contributed by atoms with E-state index in [-0.39, 0.29) is 5.91 Å². The second-order valence-electron chi connectivity index (χ2n) is 6.44. The summed E-state index contributed by atoms with van der Waals surface area (Å²) < 4.78 is 2.06. The lowest BCUT2D eigenvalue weighted by molar-refractivity contribution is -0.113. The molecule has 0 bridgehead atoms. The van der Waals surface area contributed by atoms with Gasteiger partial charge in [-0.1, -0.05) is 48.7 Å². The first kappa shape index (κ1) is 17.0. The zero-order valence-electron chi connectivity index (χ0n) is 14.3. The van der Waals surface area contributed by atoms with Crippen LogP contribution in [0.1, 0.15) is 49.4 Å². The highest BCUT2D eigenvalue weighted by atomic mass is 32.2. The summed E-state index contributed by atoms with van der Waals surface area (Å²) in [4.78, 5) is 12.1. The number of carbonyl (C=O) groups excluding carboxylic acids is 1. The third kappa shape index (κ3) is 4.17. The molecule has 2 aromatic rings. The van der Waals surface area contributed by atoms with Gasteiger partial charge in [0, 0.05) is 18.7 Å². The summed E-state index contributed by atoms with van der Waals surface area (Å²) in [5.74, 6) is 1.90. The minimum Gasteiger partial charge on any atom is -0.325 e. The summed E-state index contributed by atoms with van der Waals surface area (Å²) in [5, 5.41) is 12.4. The Balaban J connectivity index is 1.55. The third-order valence-corrected chi connectivity index (χ3v) is 5.53. The van der Waals surface area contributed by atoms with Crippen LogP contribution in [0.4, 0.5) is 5.69 Å². The van der Waals surface area contributed by atoms with Gasteiger partial charge in [-0.05, 0) is 31.9 Å². The first-order chi connectivity index (χ1) is 11.6. The molecule has 0 radical (unpaired) electrons. The van der Waals surface area contributed by atoms with Gasteiger partial charge in [0.1, 0.15) is 5.82 Å². The molecule has 1 aliphatic rings. The van der Waals surface area contributed by atoms with Crippen molar-refractivity contribution in [2.45, 2.75) is 50.1 Å². The fraction of sp³-hybridized carbons (Fsp3) is 0.500. The van der Waals surface area contributed by atoms with Gasteiger partial charge in [0.05, 0.1) is 5.75 Å². The maximum absolute atomic E-state index is 12.1. The van der Waals surface area contributed by atoms with Gasteiger partial charge in [0.15, 0.2) is 5.16 Å². The smallest absolute Gasteiger partial charge is 0.234 e. The van der Waals surface area contributed by atoms with Crippen LogP contribution in [0.2, 0.25) is 0 Å². The van der Waals surface area contributed by atoms with E-state index in [1.807, 2.05) is 38.2 Å². The van der Waals surface area contributed by atoms with Crippen LogP contribution >= 0.6 is 11.8 Å². The molecule has 1 heterocycles. The van der Waals surface area contributed by atoms with Gasteiger partial charge in [0.25, 0.3) is 0 Å². The number of thioether (sulfide) groups is 1. The molecule has 3 rings (SSSR count). The molecule has 5 nitrogen and oxygen atoms in total. The topological polar surface area (TPSA) is 59.8 Å². The monoisotopic (exact) mass is 344 g/mol. The molecule has 1 amide bonds. The molecule has 1 aromatic carbocycles. The largest absolute Gasteiger partial charge is 0.325 e. The van der Waals surface area contributed by atoms with Crippen LogP contribution in [0.3, 0.4) is 0 Å². The second-order valence-corrected chi connectivity index (χ2v) is 7.38. The van der Waals surface area contributed by atoms with Gasteiger partial charge in [-0.2, -0.15) is 0 Å². The highest BCUT2D eigenvalue weighted by Crippen LogP contribution is 2.32. The van der Waals surface area contributed by atoms with Crippen molar-refractivity contribution in [3.8, 4) is 0 Å². The summed E-state index contributed by atoms with van der Waals surface area (Å²) >= 11 is 1.44. The zero-order chi connectivity index (χ0) is 16.9. The van der Waals surface area contributed by atoms with Gasteiger partial charge in [-0.25, -0.2) is 0 Å². The van der Waals surface area contributed by atoms with Crippen molar-refractivity contribution < 1.29 is 4.79 Å². The Labute approximate surface area is 147 Å². The third-order valence-electron chi connectivity index (χ3n) is 4.51. The number of nitrogens with zero attached hydrogens (tertiary/aromatic N) is 3. The SMILES string of the molecule is Cc1ccc(NC(=O)CSc2nnc(C3CCCCC3)n2C)cc1. The van der Waals surface area contributed by atoms with Crippen molar-refractivity contribution in [1.29, 1.82) is 0 Å². The Morgan fingerprint density at radius 1 is 1.21 bits per heavy atom. The molecule has 0 saturated heterocycles. The lowest BCUT2D eigenvalue weighted by Gasteiger charge is -2.20. The summed E-state index contributed by atoms with van der Waals surface area (Å²) in [6.07, 6.45) is 6.28. The molecular formula is C18H24N4OS. The van der Waals surface area contributed by atoms with Gasteiger partial charge in [0.2, 0.25) is 5.91 Å². The predicted molar refractivity (Wildman–Crippen MR) is 97.4 cm³/mol. The van der Waals surface area contributed by atoms with Gasteiger partial charge in [-0.3, -0.25) is 4.79 Å². The first-order valence-electron chi connectivity index (χ1n) is 8.52. The van der Waals surface area contributed by atoms with Crippen LogP contribution in [-0.2, 0) is 11.8 Å². The lowest BCUT2D eigenvalue weighted by atomic mass is 9.89. The van der Waals surface area contributed by atoms with Crippen molar-refractivity contribution in [3.63, 3.8) is 0 Å². The van der Waals surface area contributed by atoms with Gasteiger partial charge < -0.3 is 9.88 Å². The molecule has 1 aromatic heterocycles. The molecule has 1 aliphatic carbocycles. The molecule has 1 N–H and O–H groups in total. The maximum atomic E-state index is 12.1. The van der Waals surface area contributed by atoms with Crippen LogP contribution in [0.5, 0.6) is 0 Å². The Kier molecular flexibility index (Phi) is 5.56. The fourth-order valence-electron chi connectivity index (χ4n) is 3.13. The maximum Gasteiger partial charge on any atom is 0.234 e. The first-order valence-corrected chi connectivity index (χ1v) is 9.50. The van der Waals surface area contributed by atoms with Crippen molar-refractivity contribution in [2.75, 3.05) is 11.1 Å². The molecule has 1 saturated carbocycles. The normalized spacial score (nSPS) is 15.4. The fourth-order valence-corrected chi connectivity index (χ4v) is 3.85. The number of amides is 1. The average molecular weight is 344 g/mol. The second kappa shape index (κ2) is 7.83.